The molecular weight excluding hydrogens is 156 g/mol. The van der Waals surface area contributed by atoms with E-state index >= 15 is 0 Å². The van der Waals surface area contributed by atoms with Gasteiger partial charge in [-0.15, -0.1) is 0 Å². The van der Waals surface area contributed by atoms with E-state index in [4.69, 9.17) is 0 Å². The van der Waals surface area contributed by atoms with Crippen LogP contribution in [0, 0.1) is 0 Å². The van der Waals surface area contributed by atoms with Gasteiger partial charge in [0.1, 0.15) is 0 Å². The van der Waals surface area contributed by atoms with Crippen molar-refractivity contribution in [2.24, 2.45) is 0 Å². The molecule has 0 fully saturated rings. The molecule has 5 heteroatoms. The van der Waals surface area contributed by atoms with Crippen molar-refractivity contribution < 1.29 is 9.59 Å². The molecule has 1 N–H and O–H groups in total. The molecule has 0 atom stereocenters. The molecule has 1 aliphatic heterocycles. The van der Waals surface area contributed by atoms with E-state index in [1.54, 1.807) is 6.07 Å². The third-order valence-corrected chi connectivity index (χ3v) is 2.42. The zero-order valence-electron chi connectivity index (χ0n) is 7.47. The van der Waals surface area contributed by atoms with Crippen molar-refractivity contribution in [1.82, 2.24) is 0 Å². The number of anilines is 1. The number of Topliss-reactive ketones (excluding diaryl/α,β-unsaturated/α-hetero) is 1. The quantitative estimate of drug-likeness (QED) is 0.366. The van der Waals surface area contributed by atoms with Gasteiger partial charge in [0.15, 0.2) is 0 Å². The van der Waals surface area contributed by atoms with Crippen LogP contribution in [0.25, 0.3) is 0 Å². The van der Waals surface area contributed by atoms with Gasteiger partial charge < -0.3 is 0 Å². The summed E-state index contributed by atoms with van der Waals surface area (Å²) in [5.74, 6) is -0.945. The molecule has 13 heavy (non-hydrogen) atoms. The predicted octanol–water partition coefficient (Wildman–Crippen LogP) is -1.59. The topological polar surface area (TPSA) is 46.2 Å². The Morgan fingerprint density at radius 1 is 1.15 bits per heavy atom. The van der Waals surface area contributed by atoms with E-state index in [1.165, 1.54) is 0 Å². The maximum absolute atomic E-state index is 11.4. The SMILES string of the molecule is [Li][c]1ccc2c([c]1[Li])C(=O)C(=O)N2. The summed E-state index contributed by atoms with van der Waals surface area (Å²) in [6, 6.07) is 3.66. The first-order valence-electron chi connectivity index (χ1n) is 4.07. The van der Waals surface area contributed by atoms with Crippen LogP contribution in [0.1, 0.15) is 10.4 Å². The summed E-state index contributed by atoms with van der Waals surface area (Å²) in [6.45, 7) is 0. The van der Waals surface area contributed by atoms with Gasteiger partial charge in [-0.1, -0.05) is 0 Å². The Labute approximate surface area is 93.7 Å². The number of fused-ring (bicyclic) bond motifs is 1. The molecule has 0 radical (unpaired) electrons. The van der Waals surface area contributed by atoms with Crippen molar-refractivity contribution in [3.05, 3.63) is 17.7 Å². The van der Waals surface area contributed by atoms with Gasteiger partial charge >= 0.3 is 93.9 Å². The number of benzene rings is 1. The molecule has 2 rings (SSSR count). The van der Waals surface area contributed by atoms with Crippen LogP contribution >= 0.6 is 0 Å². The minimum absolute atomic E-state index is 0.420. The standard InChI is InChI=1S/C8H3NO2.2Li/c10-7-5-3-1-2-4-6(5)9-8(7)11;;/h2,4H,(H,9,10,11);;. The molecular formula is C8H3Li2NO2. The Bertz CT molecular complexity index is 428. The third-order valence-electron chi connectivity index (χ3n) is 2.42. The van der Waals surface area contributed by atoms with Crippen molar-refractivity contribution in [2.75, 3.05) is 5.32 Å². The molecule has 1 aromatic rings. The second kappa shape index (κ2) is 3.05. The third kappa shape index (κ3) is 1.29. The summed E-state index contributed by atoms with van der Waals surface area (Å²) >= 11 is 3.78. The Morgan fingerprint density at radius 2 is 1.85 bits per heavy atom. The van der Waals surface area contributed by atoms with E-state index in [1.807, 2.05) is 41.5 Å². The van der Waals surface area contributed by atoms with E-state index in [2.05, 4.69) is 5.32 Å². The summed E-state index contributed by atoms with van der Waals surface area (Å²) < 4.78 is 1.92. The molecule has 0 saturated carbocycles. The molecule has 1 heterocycles. The van der Waals surface area contributed by atoms with Gasteiger partial charge in [-0.2, -0.15) is 0 Å². The molecule has 0 aromatic heterocycles. The average Bonchev–Trinajstić information content (AvgIpc) is 2.37. The zero-order valence-corrected chi connectivity index (χ0v) is 7.47. The van der Waals surface area contributed by atoms with Crippen LogP contribution in [0.2, 0.25) is 0 Å². The molecule has 0 unspecified atom stereocenters. The molecule has 3 nitrogen and oxygen atoms in total. The van der Waals surface area contributed by atoms with E-state index in [0.717, 1.165) is 8.47 Å². The summed E-state index contributed by atoms with van der Waals surface area (Å²) in [7, 11) is 0. The normalized spacial score (nSPS) is 14.5. The second-order valence-electron chi connectivity index (χ2n) is 3.21. The number of carbonyl (C=O) groups excluding carboxylic acids is 2. The first-order chi connectivity index (χ1) is 6.11. The van der Waals surface area contributed by atoms with Gasteiger partial charge in [0.2, 0.25) is 0 Å². The summed E-state index contributed by atoms with van der Waals surface area (Å²) in [5, 5.41) is 2.53. The fourth-order valence-corrected chi connectivity index (χ4v) is 1.51. The Hall–Kier alpha value is -0.445. The van der Waals surface area contributed by atoms with E-state index < -0.39 is 11.7 Å². The second-order valence-corrected chi connectivity index (χ2v) is 3.21. The van der Waals surface area contributed by atoms with E-state index in [9.17, 15) is 9.59 Å². The number of hydrogen-bond donors (Lipinski definition) is 1. The molecule has 0 spiro atoms. The van der Waals surface area contributed by atoms with Gasteiger partial charge in [-0.25, -0.2) is 0 Å². The van der Waals surface area contributed by atoms with Gasteiger partial charge in [0.25, 0.3) is 0 Å². The first kappa shape index (κ1) is 9.12. The number of nitrogens with one attached hydrogen (secondary N) is 1. The van der Waals surface area contributed by atoms with E-state index in [-0.39, 0.29) is 0 Å². The predicted molar refractivity (Wildman–Crippen MR) is 50.2 cm³/mol. The van der Waals surface area contributed by atoms with E-state index in [0.29, 0.717) is 11.3 Å². The van der Waals surface area contributed by atoms with Crippen LogP contribution in [-0.2, 0) is 4.79 Å². The number of amides is 1. The number of rotatable bonds is 0. The Kier molecular flexibility index (Phi) is 2.14. The van der Waals surface area contributed by atoms with Crippen LogP contribution in [0.3, 0.4) is 0 Å². The fourth-order valence-electron chi connectivity index (χ4n) is 1.51. The molecule has 1 amide bonds. The van der Waals surface area contributed by atoms with Crippen molar-refractivity contribution in [2.45, 2.75) is 0 Å². The number of hydrogen-bond acceptors (Lipinski definition) is 2. The van der Waals surface area contributed by atoms with Gasteiger partial charge in [-0.3, -0.25) is 0 Å². The zero-order chi connectivity index (χ0) is 9.59. The van der Waals surface area contributed by atoms with Crippen molar-refractivity contribution in [1.29, 1.82) is 0 Å². The molecule has 0 bridgehead atoms. The molecule has 0 saturated heterocycles. The van der Waals surface area contributed by atoms with Crippen LogP contribution < -0.4 is 13.8 Å². The van der Waals surface area contributed by atoms with Crippen molar-refractivity contribution >= 4 is 61.3 Å². The van der Waals surface area contributed by atoms with Crippen molar-refractivity contribution in [3.8, 4) is 0 Å². The molecule has 54 valence electrons. The fraction of sp³-hybridized carbons (Fsp3) is 0. The van der Waals surface area contributed by atoms with Crippen molar-refractivity contribution in [3.63, 3.8) is 0 Å². The minimum atomic E-state index is -0.524. The number of ketones is 1. The van der Waals surface area contributed by atoms with Crippen LogP contribution in [0.5, 0.6) is 0 Å². The molecule has 1 aromatic carbocycles. The Balaban J connectivity index is 2.73. The summed E-state index contributed by atoms with van der Waals surface area (Å²) in [4.78, 5) is 22.4. The summed E-state index contributed by atoms with van der Waals surface area (Å²) in [6.07, 6.45) is 0. The van der Waals surface area contributed by atoms with Crippen LogP contribution in [-0.4, -0.2) is 47.1 Å². The van der Waals surface area contributed by atoms with Crippen LogP contribution in [0.15, 0.2) is 12.1 Å². The average molecular weight is 159 g/mol. The molecule has 0 aliphatic carbocycles. The maximum atomic E-state index is 11.4. The monoisotopic (exact) mass is 159 g/mol. The van der Waals surface area contributed by atoms with Gasteiger partial charge in [-0.05, 0) is 0 Å². The number of carbonyl (C=O) groups is 2. The summed E-state index contributed by atoms with van der Waals surface area (Å²) in [5.41, 5.74) is 1.17. The Morgan fingerprint density at radius 3 is 2.54 bits per heavy atom. The first-order valence-corrected chi connectivity index (χ1v) is 4.07. The van der Waals surface area contributed by atoms with Gasteiger partial charge in [0.05, 0.1) is 0 Å². The van der Waals surface area contributed by atoms with Crippen LogP contribution in [0.4, 0.5) is 5.69 Å². The molecule has 1 aliphatic rings. The van der Waals surface area contributed by atoms with Gasteiger partial charge in [0, 0.05) is 0 Å².